The number of hydrogen-bond acceptors (Lipinski definition) is 7. The zero-order valence-corrected chi connectivity index (χ0v) is 17.3. The van der Waals surface area contributed by atoms with Crippen molar-refractivity contribution < 1.29 is 19.1 Å². The number of ether oxygens (including phenoxy) is 1. The molecule has 1 aromatic heterocycles. The first-order valence-corrected chi connectivity index (χ1v) is 10.4. The molecule has 160 valence electrons. The van der Waals surface area contributed by atoms with Crippen molar-refractivity contribution in [1.29, 1.82) is 0 Å². The largest absolute Gasteiger partial charge is 0.379 e. The van der Waals surface area contributed by atoms with Crippen LogP contribution >= 0.6 is 11.3 Å². The number of nitrogens with two attached hydrogens (primary N) is 1. The first-order valence-electron chi connectivity index (χ1n) is 9.63. The molecule has 0 unspecified atom stereocenters. The van der Waals surface area contributed by atoms with Gasteiger partial charge in [0.1, 0.15) is 0 Å². The molecule has 3 rings (SSSR count). The molecule has 5 N–H and O–H groups in total. The fourth-order valence-corrected chi connectivity index (χ4v) is 3.78. The Balaban J connectivity index is 1.43. The van der Waals surface area contributed by atoms with Crippen LogP contribution in [-0.2, 0) is 11.3 Å². The molecule has 1 saturated heterocycles. The first kappa shape index (κ1) is 21.9. The van der Waals surface area contributed by atoms with Crippen LogP contribution in [0.2, 0.25) is 0 Å². The maximum atomic E-state index is 12.3. The quantitative estimate of drug-likeness (QED) is 0.271. The average Bonchev–Trinajstić information content (AvgIpc) is 3.28. The van der Waals surface area contributed by atoms with Crippen LogP contribution in [0.3, 0.4) is 0 Å². The predicted molar refractivity (Wildman–Crippen MR) is 113 cm³/mol. The molecule has 0 saturated carbocycles. The van der Waals surface area contributed by atoms with E-state index in [1.807, 2.05) is 5.43 Å². The van der Waals surface area contributed by atoms with Gasteiger partial charge < -0.3 is 15.4 Å². The van der Waals surface area contributed by atoms with Crippen molar-refractivity contribution in [3.05, 3.63) is 57.3 Å². The lowest BCUT2D eigenvalue weighted by molar-refractivity contribution is 0.0383. The average molecular weight is 432 g/mol. The van der Waals surface area contributed by atoms with Crippen LogP contribution in [0, 0.1) is 0 Å². The number of morpholine rings is 1. The van der Waals surface area contributed by atoms with Crippen molar-refractivity contribution in [2.45, 2.75) is 6.54 Å². The molecule has 0 radical (unpaired) electrons. The summed E-state index contributed by atoms with van der Waals surface area (Å²) in [5.74, 6) is 4.26. The summed E-state index contributed by atoms with van der Waals surface area (Å²) in [6, 6.07) is 10.2. The highest BCUT2D eigenvalue weighted by Gasteiger charge is 2.13. The number of nitrogen functional groups attached to an aromatic ring is 1. The zero-order chi connectivity index (χ0) is 21.3. The van der Waals surface area contributed by atoms with Crippen LogP contribution in [0.25, 0.3) is 0 Å². The van der Waals surface area contributed by atoms with Crippen LogP contribution in [0.1, 0.15) is 35.3 Å². The van der Waals surface area contributed by atoms with Crippen molar-refractivity contribution in [1.82, 2.24) is 21.0 Å². The lowest BCUT2D eigenvalue weighted by Crippen LogP contribution is -2.41. The smallest absolute Gasteiger partial charge is 0.275 e. The van der Waals surface area contributed by atoms with Crippen molar-refractivity contribution in [3.63, 3.8) is 0 Å². The molecular formula is C20H25N5O4S. The van der Waals surface area contributed by atoms with Gasteiger partial charge in [-0.2, -0.15) is 0 Å². The molecule has 0 aliphatic carbocycles. The summed E-state index contributed by atoms with van der Waals surface area (Å²) in [5.41, 5.74) is 3.47. The van der Waals surface area contributed by atoms with Gasteiger partial charge in [-0.15, -0.1) is 11.3 Å². The number of thiophene rings is 1. The Hall–Kier alpha value is -2.79. The van der Waals surface area contributed by atoms with Crippen molar-refractivity contribution >= 4 is 29.1 Å². The molecule has 1 aliphatic heterocycles. The van der Waals surface area contributed by atoms with E-state index < -0.39 is 5.91 Å². The molecular weight excluding hydrogens is 406 g/mol. The summed E-state index contributed by atoms with van der Waals surface area (Å²) in [6.45, 7) is 4.96. The number of carbonyl (C=O) groups is 3. The molecule has 3 amide bonds. The van der Waals surface area contributed by atoms with E-state index in [1.165, 1.54) is 0 Å². The van der Waals surface area contributed by atoms with E-state index in [9.17, 15) is 14.4 Å². The molecule has 9 nitrogen and oxygen atoms in total. The summed E-state index contributed by atoms with van der Waals surface area (Å²) >= 11 is 1.07. The number of hydrogen-bond donors (Lipinski definition) is 4. The molecule has 1 aromatic carbocycles. The molecule has 1 aliphatic rings. The molecule has 0 spiro atoms. The summed E-state index contributed by atoms with van der Waals surface area (Å²) in [4.78, 5) is 39.0. The highest BCUT2D eigenvalue weighted by molar-refractivity contribution is 7.15. The van der Waals surface area contributed by atoms with E-state index >= 15 is 0 Å². The SMILES string of the molecule is NNC(=O)c1ccc(C(=O)NCc2ccc(C(=O)NCCN3CCOCC3)cc2)s1. The molecule has 0 atom stereocenters. The molecule has 0 bridgehead atoms. The fourth-order valence-electron chi connectivity index (χ4n) is 2.95. The topological polar surface area (TPSA) is 126 Å². The second-order valence-electron chi connectivity index (χ2n) is 6.73. The van der Waals surface area contributed by atoms with Gasteiger partial charge in [-0.3, -0.25) is 24.7 Å². The third-order valence-electron chi connectivity index (χ3n) is 4.67. The Morgan fingerprint density at radius 3 is 2.27 bits per heavy atom. The number of nitrogens with zero attached hydrogens (tertiary/aromatic N) is 1. The van der Waals surface area contributed by atoms with E-state index in [0.717, 1.165) is 49.7 Å². The van der Waals surface area contributed by atoms with Crippen LogP contribution in [0.15, 0.2) is 36.4 Å². The van der Waals surface area contributed by atoms with Gasteiger partial charge in [0.15, 0.2) is 0 Å². The van der Waals surface area contributed by atoms with Crippen LogP contribution in [0.4, 0.5) is 0 Å². The second kappa shape index (κ2) is 10.8. The predicted octanol–water partition coefficient (Wildman–Crippen LogP) is 0.344. The van der Waals surface area contributed by atoms with Gasteiger partial charge in [0.25, 0.3) is 17.7 Å². The maximum absolute atomic E-state index is 12.3. The van der Waals surface area contributed by atoms with Crippen LogP contribution in [0.5, 0.6) is 0 Å². The Bertz CT molecular complexity index is 878. The van der Waals surface area contributed by atoms with E-state index in [2.05, 4.69) is 15.5 Å². The lowest BCUT2D eigenvalue weighted by atomic mass is 10.1. The Morgan fingerprint density at radius 2 is 1.60 bits per heavy atom. The molecule has 10 heteroatoms. The van der Waals surface area contributed by atoms with Gasteiger partial charge in [-0.05, 0) is 29.8 Å². The molecule has 1 fully saturated rings. The number of benzene rings is 1. The second-order valence-corrected chi connectivity index (χ2v) is 7.81. The standard InChI is InChI=1S/C20H25N5O4S/c21-24-20(28)17-6-5-16(30-17)19(27)23-13-14-1-3-15(4-2-14)18(26)22-7-8-25-9-11-29-12-10-25/h1-6H,7-13,21H2,(H,22,26)(H,23,27)(H,24,28). The van der Waals surface area contributed by atoms with E-state index in [4.69, 9.17) is 10.6 Å². The van der Waals surface area contributed by atoms with Gasteiger partial charge in [-0.1, -0.05) is 12.1 Å². The minimum absolute atomic E-state index is 0.122. The highest BCUT2D eigenvalue weighted by atomic mass is 32.1. The van der Waals surface area contributed by atoms with Gasteiger partial charge in [0.2, 0.25) is 0 Å². The number of rotatable bonds is 8. The number of hydrazine groups is 1. The van der Waals surface area contributed by atoms with Gasteiger partial charge in [0.05, 0.1) is 23.0 Å². The molecule has 2 aromatic rings. The first-order chi connectivity index (χ1) is 14.6. The lowest BCUT2D eigenvalue weighted by Gasteiger charge is -2.26. The van der Waals surface area contributed by atoms with Gasteiger partial charge >= 0.3 is 0 Å². The Kier molecular flexibility index (Phi) is 7.91. The van der Waals surface area contributed by atoms with Crippen LogP contribution < -0.4 is 21.9 Å². The maximum Gasteiger partial charge on any atom is 0.275 e. The van der Waals surface area contributed by atoms with Crippen molar-refractivity contribution in [2.24, 2.45) is 5.84 Å². The summed E-state index contributed by atoms with van der Waals surface area (Å²) in [7, 11) is 0. The number of nitrogens with one attached hydrogen (secondary N) is 3. The summed E-state index contributed by atoms with van der Waals surface area (Å²) in [6.07, 6.45) is 0. The Labute approximate surface area is 178 Å². The van der Waals surface area contributed by atoms with Gasteiger partial charge in [-0.25, -0.2) is 5.84 Å². The molecule has 2 heterocycles. The fraction of sp³-hybridized carbons (Fsp3) is 0.350. The number of carbonyl (C=O) groups excluding carboxylic acids is 3. The van der Waals surface area contributed by atoms with Gasteiger partial charge in [0, 0.05) is 38.3 Å². The molecule has 30 heavy (non-hydrogen) atoms. The highest BCUT2D eigenvalue weighted by Crippen LogP contribution is 2.16. The minimum Gasteiger partial charge on any atom is -0.379 e. The monoisotopic (exact) mass is 431 g/mol. The number of amides is 3. The van der Waals surface area contributed by atoms with Crippen molar-refractivity contribution in [2.75, 3.05) is 39.4 Å². The normalized spacial score (nSPS) is 14.2. The third-order valence-corrected chi connectivity index (χ3v) is 5.75. The minimum atomic E-state index is -0.433. The van der Waals surface area contributed by atoms with E-state index in [0.29, 0.717) is 28.4 Å². The summed E-state index contributed by atoms with van der Waals surface area (Å²) < 4.78 is 5.31. The van der Waals surface area contributed by atoms with Crippen LogP contribution in [-0.4, -0.2) is 62.0 Å². The van der Waals surface area contributed by atoms with Crippen molar-refractivity contribution in [3.8, 4) is 0 Å². The zero-order valence-electron chi connectivity index (χ0n) is 16.5. The van der Waals surface area contributed by atoms with E-state index in [-0.39, 0.29) is 11.8 Å². The summed E-state index contributed by atoms with van der Waals surface area (Å²) in [5, 5.41) is 5.72. The Morgan fingerprint density at radius 1 is 0.933 bits per heavy atom. The van der Waals surface area contributed by atoms with E-state index in [1.54, 1.807) is 36.4 Å². The third kappa shape index (κ3) is 6.10.